The SMILES string of the molecule is C[C@]12CCC3C4=C(CC(=O)CC4)[C@H]4CC4C3C1C1CC1[C@@]21CCC(=O)O1. The monoisotopic (exact) mass is 352 g/mol. The molecule has 0 radical (unpaired) electrons. The highest BCUT2D eigenvalue weighted by atomic mass is 16.6. The third kappa shape index (κ3) is 1.49. The van der Waals surface area contributed by atoms with Gasteiger partial charge in [0.25, 0.3) is 0 Å². The first-order valence-electron chi connectivity index (χ1n) is 11.0. The lowest BCUT2D eigenvalue weighted by atomic mass is 9.50. The van der Waals surface area contributed by atoms with Crippen LogP contribution in [0, 0.1) is 46.8 Å². The first-order valence-corrected chi connectivity index (χ1v) is 11.0. The van der Waals surface area contributed by atoms with Gasteiger partial charge in [0.15, 0.2) is 0 Å². The fourth-order valence-corrected chi connectivity index (χ4v) is 9.22. The summed E-state index contributed by atoms with van der Waals surface area (Å²) in [6, 6.07) is 0. The highest BCUT2D eigenvalue weighted by molar-refractivity contribution is 5.83. The molecule has 6 unspecified atom stereocenters. The Balaban J connectivity index is 1.32. The highest BCUT2D eigenvalue weighted by Crippen LogP contribution is 2.80. The number of rotatable bonds is 0. The van der Waals surface area contributed by atoms with E-state index in [1.54, 1.807) is 11.1 Å². The maximum absolute atomic E-state index is 12.1. The molecular formula is C23H28O3. The molecule has 1 saturated heterocycles. The molecule has 3 nitrogen and oxygen atoms in total. The molecule has 0 aromatic heterocycles. The summed E-state index contributed by atoms with van der Waals surface area (Å²) in [5, 5.41) is 0. The lowest BCUT2D eigenvalue weighted by Gasteiger charge is -2.55. The average molecular weight is 352 g/mol. The van der Waals surface area contributed by atoms with Crippen LogP contribution in [0.15, 0.2) is 11.1 Å². The summed E-state index contributed by atoms with van der Waals surface area (Å²) in [5.41, 5.74) is 3.40. The molecule has 0 aromatic rings. The third-order valence-electron chi connectivity index (χ3n) is 10.2. The van der Waals surface area contributed by atoms with Gasteiger partial charge in [0.1, 0.15) is 11.4 Å². The maximum atomic E-state index is 12.1. The van der Waals surface area contributed by atoms with Crippen LogP contribution >= 0.6 is 0 Å². The average Bonchev–Trinajstić information content (AvgIpc) is 3.51. The second-order valence-corrected chi connectivity index (χ2v) is 10.8. The summed E-state index contributed by atoms with van der Waals surface area (Å²) >= 11 is 0. The van der Waals surface area contributed by atoms with Gasteiger partial charge >= 0.3 is 5.97 Å². The first kappa shape index (κ1) is 14.9. The molecule has 1 heterocycles. The molecule has 7 rings (SSSR count). The fourth-order valence-electron chi connectivity index (χ4n) is 9.22. The minimum Gasteiger partial charge on any atom is -0.458 e. The van der Waals surface area contributed by atoms with Crippen LogP contribution in [0.4, 0.5) is 0 Å². The number of ether oxygens (including phenoxy) is 1. The number of carbonyl (C=O) groups is 2. The highest BCUT2D eigenvalue weighted by Gasteiger charge is 2.79. The Morgan fingerprint density at radius 2 is 1.85 bits per heavy atom. The van der Waals surface area contributed by atoms with E-state index in [1.165, 1.54) is 25.7 Å². The topological polar surface area (TPSA) is 43.4 Å². The Labute approximate surface area is 154 Å². The molecule has 7 aliphatic rings. The third-order valence-corrected chi connectivity index (χ3v) is 10.2. The summed E-state index contributed by atoms with van der Waals surface area (Å²) in [6.07, 6.45) is 9.37. The molecule has 6 aliphatic carbocycles. The molecule has 138 valence electrons. The minimum atomic E-state index is -0.119. The van der Waals surface area contributed by atoms with Gasteiger partial charge in [-0.25, -0.2) is 0 Å². The van der Waals surface area contributed by atoms with E-state index in [4.69, 9.17) is 4.74 Å². The second-order valence-electron chi connectivity index (χ2n) is 10.8. The second kappa shape index (κ2) is 4.31. The molecular weight excluding hydrogens is 324 g/mol. The van der Waals surface area contributed by atoms with Gasteiger partial charge in [0.05, 0.1) is 0 Å². The number of esters is 1. The van der Waals surface area contributed by atoms with Gasteiger partial charge in [0.2, 0.25) is 0 Å². The molecule has 26 heavy (non-hydrogen) atoms. The van der Waals surface area contributed by atoms with Gasteiger partial charge in [-0.15, -0.1) is 0 Å². The zero-order chi connectivity index (χ0) is 17.4. The minimum absolute atomic E-state index is 0.0587. The molecule has 0 aromatic carbocycles. The smallest absolute Gasteiger partial charge is 0.306 e. The number of carbonyl (C=O) groups excluding carboxylic acids is 2. The summed E-state index contributed by atoms with van der Waals surface area (Å²) in [7, 11) is 0. The fraction of sp³-hybridized carbons (Fsp3) is 0.826. The zero-order valence-corrected chi connectivity index (χ0v) is 15.6. The maximum Gasteiger partial charge on any atom is 0.306 e. The summed E-state index contributed by atoms with van der Waals surface area (Å²) in [6.45, 7) is 2.49. The van der Waals surface area contributed by atoms with Crippen molar-refractivity contribution in [3.05, 3.63) is 11.1 Å². The van der Waals surface area contributed by atoms with Crippen molar-refractivity contribution >= 4 is 11.8 Å². The van der Waals surface area contributed by atoms with E-state index in [0.717, 1.165) is 61.2 Å². The van der Waals surface area contributed by atoms with E-state index < -0.39 is 0 Å². The van der Waals surface area contributed by atoms with E-state index in [2.05, 4.69) is 6.92 Å². The molecule has 5 fully saturated rings. The van der Waals surface area contributed by atoms with Crippen molar-refractivity contribution in [1.29, 1.82) is 0 Å². The predicted octanol–water partition coefficient (Wildman–Crippen LogP) is 4.06. The number of allylic oxidation sites excluding steroid dienone is 2. The van der Waals surface area contributed by atoms with Crippen LogP contribution in [-0.4, -0.2) is 17.4 Å². The number of fused-ring (bicyclic) bond motifs is 11. The van der Waals surface area contributed by atoms with Gasteiger partial charge in [-0.3, -0.25) is 9.59 Å². The lowest BCUT2D eigenvalue weighted by Crippen LogP contribution is -2.54. The van der Waals surface area contributed by atoms with Crippen molar-refractivity contribution < 1.29 is 14.3 Å². The molecule has 3 heteroatoms. The molecule has 0 amide bonds. The van der Waals surface area contributed by atoms with E-state index in [1.807, 2.05) is 0 Å². The van der Waals surface area contributed by atoms with Crippen LogP contribution in [0.25, 0.3) is 0 Å². The zero-order valence-electron chi connectivity index (χ0n) is 15.6. The van der Waals surface area contributed by atoms with Crippen LogP contribution in [0.2, 0.25) is 0 Å². The van der Waals surface area contributed by atoms with Gasteiger partial charge in [0, 0.05) is 30.6 Å². The Kier molecular flexibility index (Phi) is 2.46. The number of Topliss-reactive ketones (excluding diaryl/α,β-unsaturated/α-hetero) is 1. The van der Waals surface area contributed by atoms with Crippen LogP contribution < -0.4 is 0 Å². The normalized spacial score (nSPS) is 58.6. The van der Waals surface area contributed by atoms with Crippen LogP contribution in [0.5, 0.6) is 0 Å². The van der Waals surface area contributed by atoms with Crippen molar-refractivity contribution in [2.24, 2.45) is 46.8 Å². The van der Waals surface area contributed by atoms with Gasteiger partial charge in [-0.2, -0.15) is 0 Å². The van der Waals surface area contributed by atoms with E-state index in [0.29, 0.717) is 18.1 Å². The standard InChI is InChI=1S/C23H28O3/c1-22-6-4-13-12-3-2-11(24)8-14(12)15-9-16(15)20(13)21(22)17-10-18(17)23(22)7-5-19(25)26-23/h13,15-18,20-21H,2-10H2,1H3/t13?,15-,16?,17?,18?,20?,21?,22+,23+/m1/s1. The molecule has 1 aliphatic heterocycles. The number of ketones is 1. The summed E-state index contributed by atoms with van der Waals surface area (Å²) < 4.78 is 6.19. The largest absolute Gasteiger partial charge is 0.458 e. The van der Waals surface area contributed by atoms with Crippen LogP contribution in [-0.2, 0) is 14.3 Å². The van der Waals surface area contributed by atoms with Crippen LogP contribution in [0.1, 0.15) is 64.7 Å². The van der Waals surface area contributed by atoms with Crippen LogP contribution in [0.3, 0.4) is 0 Å². The van der Waals surface area contributed by atoms with E-state index >= 15 is 0 Å². The molecule has 1 spiro atoms. The Bertz CT molecular complexity index is 795. The number of hydrogen-bond donors (Lipinski definition) is 0. The van der Waals surface area contributed by atoms with Gasteiger partial charge in [-0.1, -0.05) is 18.1 Å². The molecule has 4 saturated carbocycles. The quantitative estimate of drug-likeness (QED) is 0.488. The number of hydrogen-bond acceptors (Lipinski definition) is 3. The molecule has 9 atom stereocenters. The Morgan fingerprint density at radius 3 is 2.65 bits per heavy atom. The molecule has 0 N–H and O–H groups in total. The van der Waals surface area contributed by atoms with E-state index in [9.17, 15) is 9.59 Å². The lowest BCUT2D eigenvalue weighted by molar-refractivity contribution is -0.172. The van der Waals surface area contributed by atoms with Gasteiger partial charge in [-0.05, 0) is 74.0 Å². The Hall–Kier alpha value is -1.12. The van der Waals surface area contributed by atoms with Crippen molar-refractivity contribution in [1.82, 2.24) is 0 Å². The van der Waals surface area contributed by atoms with Crippen molar-refractivity contribution in [3.63, 3.8) is 0 Å². The van der Waals surface area contributed by atoms with Crippen molar-refractivity contribution in [2.45, 2.75) is 70.3 Å². The van der Waals surface area contributed by atoms with Crippen molar-refractivity contribution in [2.75, 3.05) is 0 Å². The first-order chi connectivity index (χ1) is 12.5. The molecule has 0 bridgehead atoms. The van der Waals surface area contributed by atoms with E-state index in [-0.39, 0.29) is 17.0 Å². The summed E-state index contributed by atoms with van der Waals surface area (Å²) in [5.74, 6) is 5.90. The van der Waals surface area contributed by atoms with Gasteiger partial charge < -0.3 is 4.74 Å². The summed E-state index contributed by atoms with van der Waals surface area (Å²) in [4.78, 5) is 24.1. The predicted molar refractivity (Wildman–Crippen MR) is 94.9 cm³/mol. The van der Waals surface area contributed by atoms with Crippen molar-refractivity contribution in [3.8, 4) is 0 Å². The Morgan fingerprint density at radius 1 is 0.962 bits per heavy atom.